The van der Waals surface area contributed by atoms with Crippen LogP contribution in [0.3, 0.4) is 0 Å². The predicted octanol–water partition coefficient (Wildman–Crippen LogP) is 2.53. The molecule has 0 saturated carbocycles. The summed E-state index contributed by atoms with van der Waals surface area (Å²) in [5, 5.41) is 0.924. The van der Waals surface area contributed by atoms with Crippen molar-refractivity contribution >= 4 is 17.7 Å². The molecule has 0 spiro atoms. The summed E-state index contributed by atoms with van der Waals surface area (Å²) < 4.78 is 18.9. The van der Waals surface area contributed by atoms with Crippen LogP contribution in [0, 0.1) is 5.92 Å². The van der Waals surface area contributed by atoms with E-state index in [1.54, 1.807) is 24.0 Å². The van der Waals surface area contributed by atoms with Crippen LogP contribution in [0.15, 0.2) is 34.1 Å². The van der Waals surface area contributed by atoms with Crippen LogP contribution in [0.2, 0.25) is 0 Å². The van der Waals surface area contributed by atoms with E-state index in [1.807, 2.05) is 28.8 Å². The first-order valence-corrected chi connectivity index (χ1v) is 9.90. The van der Waals surface area contributed by atoms with Crippen LogP contribution in [-0.2, 0) is 22.3 Å². The summed E-state index contributed by atoms with van der Waals surface area (Å²) in [5.41, 5.74) is 0. The van der Waals surface area contributed by atoms with Gasteiger partial charge in [-0.25, -0.2) is 4.98 Å². The minimum absolute atomic E-state index is 0.0371. The molecule has 0 atom stereocenters. The smallest absolute Gasteiger partial charge is 0.289 e. The van der Waals surface area contributed by atoms with Gasteiger partial charge in [0.25, 0.3) is 5.91 Å². The number of carbonyl (C=O) groups is 1. The van der Waals surface area contributed by atoms with Crippen LogP contribution in [0.25, 0.3) is 0 Å². The summed E-state index contributed by atoms with van der Waals surface area (Å²) >= 11 is 1.59. The van der Waals surface area contributed by atoms with Gasteiger partial charge in [0, 0.05) is 38.4 Å². The maximum absolute atomic E-state index is 12.7. The van der Waals surface area contributed by atoms with E-state index in [1.165, 1.54) is 0 Å². The SMILES string of the molecule is Cn1ccnc1SCc1ccc(C(=O)N2CCC(C3OCCO3)CC2)o1. The molecule has 0 unspecified atom stereocenters. The van der Waals surface area contributed by atoms with Crippen molar-refractivity contribution in [2.45, 2.75) is 30.0 Å². The van der Waals surface area contributed by atoms with Crippen LogP contribution in [-0.4, -0.2) is 53.0 Å². The van der Waals surface area contributed by atoms with Gasteiger partial charge in [0.05, 0.1) is 19.0 Å². The third-order valence-electron chi connectivity index (χ3n) is 4.85. The lowest BCUT2D eigenvalue weighted by atomic mass is 9.96. The molecule has 0 aliphatic carbocycles. The molecule has 2 fully saturated rings. The highest BCUT2D eigenvalue weighted by Crippen LogP contribution is 2.27. The molecule has 2 aliphatic heterocycles. The molecule has 2 aliphatic rings. The first kappa shape index (κ1) is 17.6. The summed E-state index contributed by atoms with van der Waals surface area (Å²) in [6.45, 7) is 2.78. The van der Waals surface area contributed by atoms with Gasteiger partial charge in [0.1, 0.15) is 5.76 Å². The Hall–Kier alpha value is -1.77. The van der Waals surface area contributed by atoms with Gasteiger partial charge in [-0.15, -0.1) is 0 Å². The van der Waals surface area contributed by atoms with Gasteiger partial charge in [0.2, 0.25) is 0 Å². The van der Waals surface area contributed by atoms with Crippen LogP contribution in [0.5, 0.6) is 0 Å². The number of aromatic nitrogens is 2. The Morgan fingerprint density at radius 3 is 2.73 bits per heavy atom. The number of likely N-dealkylation sites (tertiary alicyclic amines) is 1. The number of ether oxygens (including phenoxy) is 2. The third-order valence-corrected chi connectivity index (χ3v) is 5.93. The molecular formula is C18H23N3O4S. The molecule has 2 saturated heterocycles. The molecule has 4 heterocycles. The van der Waals surface area contributed by atoms with E-state index < -0.39 is 0 Å². The molecule has 2 aromatic rings. The number of thioether (sulfide) groups is 1. The second-order valence-electron chi connectivity index (χ2n) is 6.61. The van der Waals surface area contributed by atoms with Crippen molar-refractivity contribution in [3.8, 4) is 0 Å². The Labute approximate surface area is 156 Å². The highest BCUT2D eigenvalue weighted by atomic mass is 32.2. The summed E-state index contributed by atoms with van der Waals surface area (Å²) in [6.07, 6.45) is 5.39. The molecule has 1 amide bonds. The van der Waals surface area contributed by atoms with Crippen molar-refractivity contribution in [3.63, 3.8) is 0 Å². The standard InChI is InChI=1S/C18H23N3O4S/c1-20-9-6-19-18(20)26-12-14-2-3-15(25-14)16(22)21-7-4-13(5-8-21)17-23-10-11-24-17/h2-3,6,9,13,17H,4-5,7-8,10-12H2,1H3. The van der Waals surface area contributed by atoms with Crippen molar-refractivity contribution in [2.24, 2.45) is 13.0 Å². The predicted molar refractivity (Wildman–Crippen MR) is 95.8 cm³/mol. The molecule has 0 N–H and O–H groups in total. The average molecular weight is 377 g/mol. The van der Waals surface area contributed by atoms with Crippen molar-refractivity contribution in [3.05, 3.63) is 36.0 Å². The number of furan rings is 1. The van der Waals surface area contributed by atoms with Crippen molar-refractivity contribution < 1.29 is 18.7 Å². The summed E-state index contributed by atoms with van der Waals surface area (Å²) in [4.78, 5) is 18.8. The molecule has 0 aromatic carbocycles. The maximum Gasteiger partial charge on any atom is 0.289 e. The Balaban J connectivity index is 1.30. The zero-order valence-corrected chi connectivity index (χ0v) is 15.6. The highest BCUT2D eigenvalue weighted by molar-refractivity contribution is 7.98. The van der Waals surface area contributed by atoms with Crippen molar-refractivity contribution in [2.75, 3.05) is 26.3 Å². The van der Waals surface area contributed by atoms with Crippen LogP contribution in [0.4, 0.5) is 0 Å². The van der Waals surface area contributed by atoms with E-state index in [0.717, 1.165) is 23.8 Å². The molecule has 7 nitrogen and oxygen atoms in total. The van der Waals surface area contributed by atoms with E-state index in [0.29, 0.717) is 43.7 Å². The number of aryl methyl sites for hydroxylation is 1. The molecule has 2 aromatic heterocycles. The quantitative estimate of drug-likeness (QED) is 0.746. The molecule has 8 heteroatoms. The van der Waals surface area contributed by atoms with Gasteiger partial charge in [-0.3, -0.25) is 4.79 Å². The van der Waals surface area contributed by atoms with Crippen molar-refractivity contribution in [1.29, 1.82) is 0 Å². The van der Waals surface area contributed by atoms with E-state index in [-0.39, 0.29) is 12.2 Å². The number of carbonyl (C=O) groups excluding carboxylic acids is 1. The van der Waals surface area contributed by atoms with Gasteiger partial charge in [0.15, 0.2) is 17.2 Å². The van der Waals surface area contributed by atoms with Gasteiger partial charge >= 0.3 is 0 Å². The van der Waals surface area contributed by atoms with Gasteiger partial charge in [-0.2, -0.15) is 0 Å². The summed E-state index contributed by atoms with van der Waals surface area (Å²) in [5.74, 6) is 2.18. The fourth-order valence-electron chi connectivity index (χ4n) is 3.38. The number of nitrogens with zero attached hydrogens (tertiary/aromatic N) is 3. The minimum atomic E-state index is -0.0920. The second kappa shape index (κ2) is 7.85. The number of piperidine rings is 1. The Morgan fingerprint density at radius 2 is 2.04 bits per heavy atom. The van der Waals surface area contributed by atoms with E-state index in [9.17, 15) is 4.79 Å². The Kier molecular flexibility index (Phi) is 5.33. The fourth-order valence-corrected chi connectivity index (χ4v) is 4.20. The lowest BCUT2D eigenvalue weighted by Gasteiger charge is -2.33. The summed E-state index contributed by atoms with van der Waals surface area (Å²) in [7, 11) is 1.96. The molecule has 0 radical (unpaired) electrons. The fraction of sp³-hybridized carbons (Fsp3) is 0.556. The monoisotopic (exact) mass is 377 g/mol. The van der Waals surface area contributed by atoms with Gasteiger partial charge in [-0.1, -0.05) is 11.8 Å². The van der Waals surface area contributed by atoms with E-state index in [4.69, 9.17) is 13.9 Å². The zero-order valence-electron chi connectivity index (χ0n) is 14.8. The van der Waals surface area contributed by atoms with Crippen LogP contribution < -0.4 is 0 Å². The first-order chi connectivity index (χ1) is 12.7. The molecule has 4 rings (SSSR count). The normalized spacial score (nSPS) is 19.3. The number of rotatable bonds is 5. The molecule has 26 heavy (non-hydrogen) atoms. The van der Waals surface area contributed by atoms with E-state index >= 15 is 0 Å². The van der Waals surface area contributed by atoms with Crippen molar-refractivity contribution in [1.82, 2.24) is 14.5 Å². The lowest BCUT2D eigenvalue weighted by Crippen LogP contribution is -2.41. The Bertz CT molecular complexity index is 745. The number of amides is 1. The topological polar surface area (TPSA) is 69.7 Å². The lowest BCUT2D eigenvalue weighted by molar-refractivity contribution is -0.0956. The Morgan fingerprint density at radius 1 is 1.27 bits per heavy atom. The van der Waals surface area contributed by atoms with Crippen LogP contribution in [0.1, 0.15) is 29.2 Å². The second-order valence-corrected chi connectivity index (χ2v) is 7.56. The van der Waals surface area contributed by atoms with E-state index in [2.05, 4.69) is 4.98 Å². The average Bonchev–Trinajstić information content (AvgIpc) is 3.42. The largest absolute Gasteiger partial charge is 0.455 e. The number of hydrogen-bond donors (Lipinski definition) is 0. The molecule has 140 valence electrons. The number of hydrogen-bond acceptors (Lipinski definition) is 6. The molecule has 0 bridgehead atoms. The minimum Gasteiger partial charge on any atom is -0.455 e. The van der Waals surface area contributed by atoms with Gasteiger partial charge in [-0.05, 0) is 25.0 Å². The van der Waals surface area contributed by atoms with Crippen LogP contribution >= 0.6 is 11.8 Å². The third kappa shape index (κ3) is 3.82. The maximum atomic E-state index is 12.7. The highest BCUT2D eigenvalue weighted by Gasteiger charge is 2.32. The first-order valence-electron chi connectivity index (χ1n) is 8.92. The number of imidazole rings is 1. The zero-order chi connectivity index (χ0) is 17.9. The van der Waals surface area contributed by atoms with Gasteiger partial charge < -0.3 is 23.4 Å². The summed E-state index contributed by atoms with van der Waals surface area (Å²) in [6, 6.07) is 3.64. The molecular weight excluding hydrogens is 354 g/mol.